The Morgan fingerprint density at radius 2 is 2.42 bits per heavy atom. The van der Waals surface area contributed by atoms with Gasteiger partial charge in [0.05, 0.1) is 6.20 Å². The summed E-state index contributed by atoms with van der Waals surface area (Å²) < 4.78 is 1.87. The number of rotatable bonds is 0. The van der Waals surface area contributed by atoms with E-state index in [1.54, 1.807) is 6.20 Å². The van der Waals surface area contributed by atoms with Gasteiger partial charge in [-0.25, -0.2) is 9.97 Å². The third-order valence-electron chi connectivity index (χ3n) is 1.78. The van der Waals surface area contributed by atoms with Crippen LogP contribution >= 0.6 is 0 Å². The molecule has 1 aliphatic heterocycles. The summed E-state index contributed by atoms with van der Waals surface area (Å²) in [5.41, 5.74) is 1.57. The number of hydrogen-bond acceptors (Lipinski definition) is 5. The SMILES string of the molecule is c1ncc2c(n1)nc1n2CN=N1. The van der Waals surface area contributed by atoms with Crippen LogP contribution in [0.1, 0.15) is 0 Å². The van der Waals surface area contributed by atoms with E-state index in [1.807, 2.05) is 4.57 Å². The zero-order valence-corrected chi connectivity index (χ0v) is 6.05. The molecule has 0 fully saturated rings. The lowest BCUT2D eigenvalue weighted by molar-refractivity contribution is 0.802. The summed E-state index contributed by atoms with van der Waals surface area (Å²) in [6, 6.07) is 0. The highest BCUT2D eigenvalue weighted by atomic mass is 15.4. The van der Waals surface area contributed by atoms with Crippen LogP contribution in [0.25, 0.3) is 11.2 Å². The third-order valence-corrected chi connectivity index (χ3v) is 1.78. The van der Waals surface area contributed by atoms with Crippen molar-refractivity contribution in [2.75, 3.05) is 0 Å². The van der Waals surface area contributed by atoms with Gasteiger partial charge in [-0.05, 0) is 0 Å². The Balaban J connectivity index is 2.49. The molecule has 0 N–H and O–H groups in total. The van der Waals surface area contributed by atoms with Gasteiger partial charge in [-0.3, -0.25) is 4.57 Å². The first-order valence-corrected chi connectivity index (χ1v) is 3.49. The van der Waals surface area contributed by atoms with E-state index in [-0.39, 0.29) is 0 Å². The van der Waals surface area contributed by atoms with Crippen LogP contribution in [-0.2, 0) is 6.67 Å². The van der Waals surface area contributed by atoms with Crippen molar-refractivity contribution in [3.8, 4) is 0 Å². The van der Waals surface area contributed by atoms with Gasteiger partial charge in [-0.15, -0.1) is 5.11 Å². The fourth-order valence-electron chi connectivity index (χ4n) is 1.23. The molecule has 1 aliphatic rings. The molecule has 0 radical (unpaired) electrons. The van der Waals surface area contributed by atoms with Crippen LogP contribution in [0.4, 0.5) is 5.95 Å². The third kappa shape index (κ3) is 0.565. The lowest BCUT2D eigenvalue weighted by Gasteiger charge is -1.91. The van der Waals surface area contributed by atoms with Crippen LogP contribution in [0, 0.1) is 0 Å². The lowest BCUT2D eigenvalue weighted by Crippen LogP contribution is -1.89. The Hall–Kier alpha value is -1.85. The molecule has 0 aliphatic carbocycles. The van der Waals surface area contributed by atoms with Gasteiger partial charge >= 0.3 is 0 Å². The number of imidazole rings is 1. The van der Waals surface area contributed by atoms with E-state index in [1.165, 1.54) is 6.33 Å². The number of nitrogens with zero attached hydrogens (tertiary/aromatic N) is 6. The smallest absolute Gasteiger partial charge is 0.253 e. The van der Waals surface area contributed by atoms with Crippen molar-refractivity contribution in [2.24, 2.45) is 10.2 Å². The van der Waals surface area contributed by atoms with E-state index in [0.29, 0.717) is 18.3 Å². The molecular formula is C6H4N6. The Bertz CT molecular complexity index is 470. The summed E-state index contributed by atoms with van der Waals surface area (Å²) in [7, 11) is 0. The quantitative estimate of drug-likeness (QED) is 0.574. The second-order valence-electron chi connectivity index (χ2n) is 2.45. The number of aromatic nitrogens is 4. The standard InChI is InChI=1S/C6H4N6/c1-4-5(8-2-7-1)10-6-11-9-3-12(4)6/h1-2H,3H2. The summed E-state index contributed by atoms with van der Waals surface area (Å²) in [5.74, 6) is 0.616. The molecule has 6 heteroatoms. The van der Waals surface area contributed by atoms with E-state index in [2.05, 4.69) is 25.2 Å². The fourth-order valence-corrected chi connectivity index (χ4v) is 1.23. The van der Waals surface area contributed by atoms with Crippen molar-refractivity contribution in [3.05, 3.63) is 12.5 Å². The van der Waals surface area contributed by atoms with Gasteiger partial charge in [0.1, 0.15) is 18.5 Å². The van der Waals surface area contributed by atoms with Crippen LogP contribution in [0.2, 0.25) is 0 Å². The van der Waals surface area contributed by atoms with Gasteiger partial charge < -0.3 is 0 Å². The molecule has 0 aromatic carbocycles. The molecular weight excluding hydrogens is 156 g/mol. The van der Waals surface area contributed by atoms with Crippen molar-refractivity contribution >= 4 is 17.1 Å². The zero-order chi connectivity index (χ0) is 7.97. The highest BCUT2D eigenvalue weighted by Crippen LogP contribution is 2.23. The maximum absolute atomic E-state index is 4.14. The Morgan fingerprint density at radius 1 is 1.42 bits per heavy atom. The second kappa shape index (κ2) is 1.84. The van der Waals surface area contributed by atoms with Crippen LogP contribution < -0.4 is 0 Å². The first-order chi connectivity index (χ1) is 5.95. The minimum atomic E-state index is 0.527. The van der Waals surface area contributed by atoms with Gasteiger partial charge in [0.2, 0.25) is 0 Å². The maximum atomic E-state index is 4.14. The lowest BCUT2D eigenvalue weighted by atomic mass is 10.5. The van der Waals surface area contributed by atoms with Gasteiger partial charge in [0, 0.05) is 0 Å². The summed E-state index contributed by atoms with van der Waals surface area (Å²) in [5, 5.41) is 7.68. The Kier molecular flexibility index (Phi) is 0.885. The molecule has 0 spiro atoms. The van der Waals surface area contributed by atoms with Crippen molar-refractivity contribution in [2.45, 2.75) is 6.67 Å². The molecule has 0 atom stereocenters. The summed E-state index contributed by atoms with van der Waals surface area (Å²) in [4.78, 5) is 12.1. The van der Waals surface area contributed by atoms with E-state index in [9.17, 15) is 0 Å². The molecule has 2 aromatic heterocycles. The molecule has 0 amide bonds. The predicted octanol–water partition coefficient (Wildman–Crippen LogP) is 0.881. The van der Waals surface area contributed by atoms with Crippen LogP contribution in [0.3, 0.4) is 0 Å². The van der Waals surface area contributed by atoms with Gasteiger partial charge in [0.25, 0.3) is 5.95 Å². The minimum Gasteiger partial charge on any atom is -0.282 e. The Labute approximate surface area is 67.0 Å². The molecule has 58 valence electrons. The summed E-state index contributed by atoms with van der Waals surface area (Å²) >= 11 is 0. The molecule has 2 aromatic rings. The monoisotopic (exact) mass is 160 g/mol. The number of azo groups is 1. The van der Waals surface area contributed by atoms with Crippen molar-refractivity contribution in [1.82, 2.24) is 19.5 Å². The molecule has 6 nitrogen and oxygen atoms in total. The van der Waals surface area contributed by atoms with Crippen LogP contribution in [0.15, 0.2) is 22.8 Å². The van der Waals surface area contributed by atoms with E-state index in [0.717, 1.165) is 5.52 Å². The van der Waals surface area contributed by atoms with Crippen LogP contribution in [0.5, 0.6) is 0 Å². The minimum absolute atomic E-state index is 0.527. The van der Waals surface area contributed by atoms with Crippen molar-refractivity contribution < 1.29 is 0 Å². The number of hydrogen-bond donors (Lipinski definition) is 0. The molecule has 0 saturated carbocycles. The predicted molar refractivity (Wildman–Crippen MR) is 39.8 cm³/mol. The first-order valence-electron chi connectivity index (χ1n) is 3.49. The van der Waals surface area contributed by atoms with Crippen LogP contribution in [-0.4, -0.2) is 19.5 Å². The summed E-state index contributed by atoms with van der Waals surface area (Å²) in [6.45, 7) is 0.527. The van der Waals surface area contributed by atoms with E-state index < -0.39 is 0 Å². The average molecular weight is 160 g/mol. The van der Waals surface area contributed by atoms with E-state index in [4.69, 9.17) is 0 Å². The number of fused-ring (bicyclic) bond motifs is 3. The fraction of sp³-hybridized carbons (Fsp3) is 0.167. The first kappa shape index (κ1) is 5.76. The highest BCUT2D eigenvalue weighted by Gasteiger charge is 2.13. The second-order valence-corrected chi connectivity index (χ2v) is 2.45. The summed E-state index contributed by atoms with van der Waals surface area (Å²) in [6.07, 6.45) is 3.19. The van der Waals surface area contributed by atoms with Gasteiger partial charge in [0.15, 0.2) is 5.65 Å². The molecule has 12 heavy (non-hydrogen) atoms. The normalized spacial score (nSPS) is 14.0. The molecule has 3 heterocycles. The molecule has 0 saturated heterocycles. The molecule has 0 unspecified atom stereocenters. The Morgan fingerprint density at radius 3 is 3.42 bits per heavy atom. The largest absolute Gasteiger partial charge is 0.282 e. The maximum Gasteiger partial charge on any atom is 0.253 e. The topological polar surface area (TPSA) is 68.3 Å². The van der Waals surface area contributed by atoms with Crippen molar-refractivity contribution in [3.63, 3.8) is 0 Å². The van der Waals surface area contributed by atoms with Gasteiger partial charge in [-0.1, -0.05) is 0 Å². The molecule has 3 rings (SSSR count). The average Bonchev–Trinajstić information content (AvgIpc) is 2.62. The highest BCUT2D eigenvalue weighted by molar-refractivity contribution is 5.72. The van der Waals surface area contributed by atoms with Gasteiger partial charge in [-0.2, -0.15) is 10.1 Å². The van der Waals surface area contributed by atoms with Crippen molar-refractivity contribution in [1.29, 1.82) is 0 Å². The van der Waals surface area contributed by atoms with E-state index >= 15 is 0 Å². The molecule has 0 bridgehead atoms. The zero-order valence-electron chi connectivity index (χ0n) is 6.05.